The van der Waals surface area contributed by atoms with Gasteiger partial charge in [-0.3, -0.25) is 0 Å². The first kappa shape index (κ1) is 15.6. The topological polar surface area (TPSA) is 12.0 Å². The SMILES string of the molecule is C=C(NC(C)c1ccc(C)cc1C)C(CC)=C(C)C. The molecule has 19 heavy (non-hydrogen) atoms. The van der Waals surface area contributed by atoms with Crippen molar-refractivity contribution in [1.82, 2.24) is 5.32 Å². The summed E-state index contributed by atoms with van der Waals surface area (Å²) >= 11 is 0. The van der Waals surface area contributed by atoms with Crippen molar-refractivity contribution in [2.75, 3.05) is 0 Å². The Balaban J connectivity index is 2.88. The molecule has 1 atom stereocenters. The van der Waals surface area contributed by atoms with Crippen LogP contribution in [0.25, 0.3) is 0 Å². The molecule has 1 N–H and O–H groups in total. The summed E-state index contributed by atoms with van der Waals surface area (Å²) in [4.78, 5) is 0. The Morgan fingerprint density at radius 1 is 1.26 bits per heavy atom. The smallest absolute Gasteiger partial charge is 0.0488 e. The lowest BCUT2D eigenvalue weighted by molar-refractivity contribution is 0.651. The number of allylic oxidation sites excluding steroid dienone is 2. The van der Waals surface area contributed by atoms with Crippen LogP contribution in [0, 0.1) is 13.8 Å². The monoisotopic (exact) mass is 257 g/mol. The van der Waals surface area contributed by atoms with Crippen molar-refractivity contribution in [1.29, 1.82) is 0 Å². The summed E-state index contributed by atoms with van der Waals surface area (Å²) in [5.41, 5.74) is 7.71. The lowest BCUT2D eigenvalue weighted by Crippen LogP contribution is -2.19. The van der Waals surface area contributed by atoms with E-state index in [-0.39, 0.29) is 6.04 Å². The fraction of sp³-hybridized carbons (Fsp3) is 0.444. The minimum absolute atomic E-state index is 0.286. The molecule has 0 aliphatic heterocycles. The van der Waals surface area contributed by atoms with Crippen LogP contribution in [0.15, 0.2) is 41.6 Å². The van der Waals surface area contributed by atoms with Gasteiger partial charge in [-0.1, -0.05) is 42.8 Å². The maximum atomic E-state index is 4.19. The summed E-state index contributed by atoms with van der Waals surface area (Å²) in [6, 6.07) is 6.90. The van der Waals surface area contributed by atoms with Gasteiger partial charge in [0, 0.05) is 11.7 Å². The highest BCUT2D eigenvalue weighted by atomic mass is 14.9. The summed E-state index contributed by atoms with van der Waals surface area (Å²) in [6.07, 6.45) is 1.02. The van der Waals surface area contributed by atoms with E-state index in [2.05, 4.69) is 71.6 Å². The van der Waals surface area contributed by atoms with Gasteiger partial charge in [0.05, 0.1) is 0 Å². The first-order valence-electron chi connectivity index (χ1n) is 7.06. The largest absolute Gasteiger partial charge is 0.379 e. The fourth-order valence-electron chi connectivity index (χ4n) is 2.61. The molecule has 0 aliphatic rings. The molecule has 1 heteroatoms. The zero-order chi connectivity index (χ0) is 14.6. The lowest BCUT2D eigenvalue weighted by atomic mass is 9.99. The molecule has 0 aliphatic carbocycles. The molecule has 1 nitrogen and oxygen atoms in total. The van der Waals surface area contributed by atoms with E-state index in [9.17, 15) is 0 Å². The van der Waals surface area contributed by atoms with Crippen LogP contribution in [0.3, 0.4) is 0 Å². The van der Waals surface area contributed by atoms with Gasteiger partial charge in [-0.05, 0) is 57.7 Å². The second-order valence-corrected chi connectivity index (χ2v) is 5.54. The molecule has 1 unspecified atom stereocenters. The molecule has 0 bridgehead atoms. The zero-order valence-corrected chi connectivity index (χ0v) is 13.2. The Bertz CT molecular complexity index is 490. The van der Waals surface area contributed by atoms with Crippen LogP contribution in [0.5, 0.6) is 0 Å². The Hall–Kier alpha value is -1.50. The van der Waals surface area contributed by atoms with Gasteiger partial charge in [-0.25, -0.2) is 0 Å². The number of hydrogen-bond acceptors (Lipinski definition) is 1. The van der Waals surface area contributed by atoms with Crippen molar-refractivity contribution < 1.29 is 0 Å². The average molecular weight is 257 g/mol. The molecule has 0 spiro atoms. The highest BCUT2D eigenvalue weighted by Gasteiger charge is 2.11. The summed E-state index contributed by atoms with van der Waals surface area (Å²) < 4.78 is 0. The zero-order valence-electron chi connectivity index (χ0n) is 13.2. The van der Waals surface area contributed by atoms with Gasteiger partial charge >= 0.3 is 0 Å². The average Bonchev–Trinajstić information content (AvgIpc) is 2.28. The molecule has 0 saturated carbocycles. The number of benzene rings is 1. The van der Waals surface area contributed by atoms with Crippen LogP contribution in [-0.2, 0) is 0 Å². The molecule has 0 radical (unpaired) electrons. The van der Waals surface area contributed by atoms with Crippen LogP contribution >= 0.6 is 0 Å². The van der Waals surface area contributed by atoms with Gasteiger partial charge < -0.3 is 5.32 Å². The van der Waals surface area contributed by atoms with E-state index < -0.39 is 0 Å². The van der Waals surface area contributed by atoms with Gasteiger partial charge in [0.15, 0.2) is 0 Å². The Morgan fingerprint density at radius 2 is 1.89 bits per heavy atom. The van der Waals surface area contributed by atoms with E-state index >= 15 is 0 Å². The first-order valence-corrected chi connectivity index (χ1v) is 7.06. The van der Waals surface area contributed by atoms with Gasteiger partial charge in [0.1, 0.15) is 0 Å². The van der Waals surface area contributed by atoms with Crippen molar-refractivity contribution in [3.05, 3.63) is 58.3 Å². The van der Waals surface area contributed by atoms with E-state index in [0.717, 1.165) is 12.1 Å². The van der Waals surface area contributed by atoms with Crippen LogP contribution in [0.4, 0.5) is 0 Å². The van der Waals surface area contributed by atoms with Crippen LogP contribution in [0.1, 0.15) is 56.8 Å². The lowest BCUT2D eigenvalue weighted by Gasteiger charge is -2.22. The van der Waals surface area contributed by atoms with Crippen molar-refractivity contribution in [2.45, 2.75) is 54.0 Å². The quantitative estimate of drug-likeness (QED) is 0.714. The molecule has 0 aromatic heterocycles. The molecular formula is C18H27N. The third-order valence-corrected chi connectivity index (χ3v) is 3.60. The second kappa shape index (κ2) is 6.60. The highest BCUT2D eigenvalue weighted by molar-refractivity contribution is 5.35. The van der Waals surface area contributed by atoms with E-state index in [4.69, 9.17) is 0 Å². The molecule has 1 aromatic rings. The number of nitrogens with one attached hydrogen (secondary N) is 1. The normalized spacial score (nSPS) is 11.9. The molecule has 0 heterocycles. The van der Waals surface area contributed by atoms with E-state index in [1.165, 1.54) is 27.8 Å². The Kier molecular flexibility index (Phi) is 5.41. The maximum absolute atomic E-state index is 4.19. The highest BCUT2D eigenvalue weighted by Crippen LogP contribution is 2.22. The summed E-state index contributed by atoms with van der Waals surface area (Å²) in [5.74, 6) is 0. The molecule has 104 valence electrons. The van der Waals surface area contributed by atoms with E-state index in [1.807, 2.05) is 0 Å². The minimum Gasteiger partial charge on any atom is -0.379 e. The Morgan fingerprint density at radius 3 is 2.37 bits per heavy atom. The number of hydrogen-bond donors (Lipinski definition) is 1. The first-order chi connectivity index (χ1) is 8.86. The van der Waals surface area contributed by atoms with Gasteiger partial charge in [0.2, 0.25) is 0 Å². The number of rotatable bonds is 5. The van der Waals surface area contributed by atoms with Crippen LogP contribution in [0.2, 0.25) is 0 Å². The predicted molar refractivity (Wildman–Crippen MR) is 85.3 cm³/mol. The van der Waals surface area contributed by atoms with E-state index in [1.54, 1.807) is 0 Å². The molecule has 1 aromatic carbocycles. The molecule has 0 fully saturated rings. The fourth-order valence-corrected chi connectivity index (χ4v) is 2.61. The minimum atomic E-state index is 0.286. The molecule has 0 saturated heterocycles. The molecule has 0 amide bonds. The molecular weight excluding hydrogens is 230 g/mol. The van der Waals surface area contributed by atoms with Crippen molar-refractivity contribution in [2.24, 2.45) is 0 Å². The van der Waals surface area contributed by atoms with Gasteiger partial charge in [-0.15, -0.1) is 0 Å². The predicted octanol–water partition coefficient (Wildman–Crippen LogP) is 5.21. The van der Waals surface area contributed by atoms with Crippen LogP contribution < -0.4 is 5.32 Å². The van der Waals surface area contributed by atoms with Crippen molar-refractivity contribution in [3.63, 3.8) is 0 Å². The summed E-state index contributed by atoms with van der Waals surface area (Å²) in [6.45, 7) is 17.2. The van der Waals surface area contributed by atoms with Gasteiger partial charge in [-0.2, -0.15) is 0 Å². The second-order valence-electron chi connectivity index (χ2n) is 5.54. The van der Waals surface area contributed by atoms with Crippen LogP contribution in [-0.4, -0.2) is 0 Å². The summed E-state index contributed by atoms with van der Waals surface area (Å²) in [7, 11) is 0. The molecule has 1 rings (SSSR count). The van der Waals surface area contributed by atoms with Crippen molar-refractivity contribution >= 4 is 0 Å². The standard InChI is InChI=1S/C18H27N/c1-8-17(12(2)3)15(6)19-16(7)18-10-9-13(4)11-14(18)5/h9-11,16,19H,6,8H2,1-5,7H3. The third-order valence-electron chi connectivity index (χ3n) is 3.60. The third kappa shape index (κ3) is 3.99. The summed E-state index contributed by atoms with van der Waals surface area (Å²) in [5, 5.41) is 3.54. The van der Waals surface area contributed by atoms with Crippen molar-refractivity contribution in [3.8, 4) is 0 Å². The number of aryl methyl sites for hydroxylation is 2. The van der Waals surface area contributed by atoms with E-state index in [0.29, 0.717) is 0 Å². The van der Waals surface area contributed by atoms with Gasteiger partial charge in [0.25, 0.3) is 0 Å². The maximum Gasteiger partial charge on any atom is 0.0488 e. The Labute approximate surface area is 118 Å².